The highest BCUT2D eigenvalue weighted by molar-refractivity contribution is 6.32. The number of aromatic nitrogens is 1. The van der Waals surface area contributed by atoms with Crippen molar-refractivity contribution in [3.63, 3.8) is 0 Å². The molecule has 2 aliphatic rings. The van der Waals surface area contributed by atoms with Gasteiger partial charge in [0.05, 0.1) is 11.8 Å². The van der Waals surface area contributed by atoms with Gasteiger partial charge in [-0.2, -0.15) is 5.26 Å². The number of pyridine rings is 1. The number of nitrogens with zero attached hydrogens (tertiary/aromatic N) is 2. The van der Waals surface area contributed by atoms with Crippen molar-refractivity contribution in [3.8, 4) is 17.3 Å². The van der Waals surface area contributed by atoms with Crippen molar-refractivity contribution in [2.45, 2.75) is 0 Å². The minimum Gasteiger partial charge on any atom is -0.289 e. The smallest absolute Gasteiger partial charge is 0.194 e. The van der Waals surface area contributed by atoms with E-state index in [-0.39, 0.29) is 5.78 Å². The molecule has 3 nitrogen and oxygen atoms in total. The van der Waals surface area contributed by atoms with E-state index in [9.17, 15) is 10.1 Å². The number of fused-ring (bicyclic) bond motifs is 4. The van der Waals surface area contributed by atoms with Crippen LogP contribution in [0.5, 0.6) is 0 Å². The van der Waals surface area contributed by atoms with Crippen LogP contribution in [0.25, 0.3) is 22.4 Å². The summed E-state index contributed by atoms with van der Waals surface area (Å²) in [6.45, 7) is 0. The number of carbonyl (C=O) groups is 1. The van der Waals surface area contributed by atoms with E-state index in [1.54, 1.807) is 6.20 Å². The first-order valence-corrected chi connectivity index (χ1v) is 8.35. The van der Waals surface area contributed by atoms with Gasteiger partial charge < -0.3 is 0 Å². The second-order valence-electron chi connectivity index (χ2n) is 6.26. The van der Waals surface area contributed by atoms with Gasteiger partial charge in [0.1, 0.15) is 0 Å². The highest BCUT2D eigenvalue weighted by atomic mass is 16.1. The molecule has 0 amide bonds. The van der Waals surface area contributed by atoms with Gasteiger partial charge in [-0.3, -0.25) is 9.78 Å². The summed E-state index contributed by atoms with van der Waals surface area (Å²) in [5.41, 5.74) is 7.43. The van der Waals surface area contributed by atoms with E-state index in [0.29, 0.717) is 16.7 Å². The zero-order valence-corrected chi connectivity index (χ0v) is 13.7. The van der Waals surface area contributed by atoms with Crippen LogP contribution in [0.3, 0.4) is 0 Å². The van der Waals surface area contributed by atoms with E-state index in [1.807, 2.05) is 60.7 Å². The molecule has 2 aromatic carbocycles. The van der Waals surface area contributed by atoms with Gasteiger partial charge in [0, 0.05) is 45.7 Å². The molecule has 0 saturated carbocycles. The molecule has 0 spiro atoms. The maximum atomic E-state index is 13.3. The van der Waals surface area contributed by atoms with Crippen LogP contribution in [0.4, 0.5) is 0 Å². The van der Waals surface area contributed by atoms with Gasteiger partial charge in [0.2, 0.25) is 0 Å². The Labute approximate surface area is 150 Å². The van der Waals surface area contributed by atoms with Crippen LogP contribution in [-0.2, 0) is 0 Å². The maximum Gasteiger partial charge on any atom is 0.194 e. The summed E-state index contributed by atoms with van der Waals surface area (Å²) in [4.78, 5) is 17.8. The Morgan fingerprint density at radius 1 is 0.769 bits per heavy atom. The van der Waals surface area contributed by atoms with E-state index in [2.05, 4.69) is 11.1 Å². The zero-order valence-electron chi connectivity index (χ0n) is 13.7. The monoisotopic (exact) mass is 332 g/mol. The van der Waals surface area contributed by atoms with Gasteiger partial charge in [0.25, 0.3) is 0 Å². The lowest BCUT2D eigenvalue weighted by molar-refractivity contribution is 0.104. The van der Waals surface area contributed by atoms with Gasteiger partial charge in [-0.1, -0.05) is 54.6 Å². The number of Topliss-reactive ketones (excluding diaryl/α,β-unsaturated/α-hetero) is 1. The summed E-state index contributed by atoms with van der Waals surface area (Å²) in [5, 5.41) is 9.32. The third-order valence-electron chi connectivity index (χ3n) is 4.95. The average molecular weight is 332 g/mol. The normalized spacial score (nSPS) is 18.4. The van der Waals surface area contributed by atoms with Gasteiger partial charge >= 0.3 is 0 Å². The Morgan fingerprint density at radius 3 is 2.19 bits per heavy atom. The number of carbonyl (C=O) groups excluding carboxylic acids is 1. The van der Waals surface area contributed by atoms with E-state index in [4.69, 9.17) is 0 Å². The fourth-order valence-corrected chi connectivity index (χ4v) is 3.91. The predicted molar refractivity (Wildman–Crippen MR) is 100 cm³/mol. The quantitative estimate of drug-likeness (QED) is 0.347. The molecule has 0 fully saturated rings. The van der Waals surface area contributed by atoms with Crippen molar-refractivity contribution in [2.24, 2.45) is 0 Å². The first kappa shape index (κ1) is 14.6. The fraction of sp³-hybridized carbons (Fsp3) is 0. The van der Waals surface area contributed by atoms with Crippen LogP contribution in [0.2, 0.25) is 0 Å². The minimum absolute atomic E-state index is 0.0383. The Balaban J connectivity index is 1.93. The average Bonchev–Trinajstić information content (AvgIpc) is 3.15. The van der Waals surface area contributed by atoms with Crippen LogP contribution in [0, 0.1) is 11.3 Å². The standard InChI is InChI=1S/C23H12N2O/c24-12-11-16-14-6-1-4-9-18(14)23(26)21(16)20-15-7-2-3-8-17(15)22-19(20)10-5-13-25-22/h1-11,13H/b16-11+,21-20-. The Hall–Kier alpha value is -3.77. The summed E-state index contributed by atoms with van der Waals surface area (Å²) in [5.74, 6) is -0.0383. The SMILES string of the molecule is N#C/C=C1/C(=C2\c3ccccc3-c3ncccc32)C(=O)c2ccccc21. The van der Waals surface area contributed by atoms with Crippen LogP contribution in [0.15, 0.2) is 78.5 Å². The number of ketones is 1. The number of benzene rings is 2. The molecule has 3 heteroatoms. The van der Waals surface area contributed by atoms with Crippen molar-refractivity contribution >= 4 is 16.9 Å². The molecule has 120 valence electrons. The molecule has 1 aromatic heterocycles. The molecule has 5 rings (SSSR count). The van der Waals surface area contributed by atoms with Crippen LogP contribution >= 0.6 is 0 Å². The summed E-state index contributed by atoms with van der Waals surface area (Å²) < 4.78 is 0. The molecule has 0 unspecified atom stereocenters. The molecule has 2 aliphatic carbocycles. The van der Waals surface area contributed by atoms with E-state index in [1.165, 1.54) is 6.08 Å². The van der Waals surface area contributed by atoms with E-state index >= 15 is 0 Å². The molecular formula is C23H12N2O. The summed E-state index contributed by atoms with van der Waals surface area (Å²) in [7, 11) is 0. The lowest BCUT2D eigenvalue weighted by atomic mass is 9.93. The number of rotatable bonds is 0. The first-order valence-electron chi connectivity index (χ1n) is 8.35. The van der Waals surface area contributed by atoms with Crippen LogP contribution in [-0.4, -0.2) is 10.8 Å². The molecule has 1 heterocycles. The van der Waals surface area contributed by atoms with Crippen molar-refractivity contribution in [1.82, 2.24) is 4.98 Å². The molecule has 0 aliphatic heterocycles. The zero-order chi connectivity index (χ0) is 17.7. The molecular weight excluding hydrogens is 320 g/mol. The van der Waals surface area contributed by atoms with Gasteiger partial charge in [-0.05, 0) is 17.2 Å². The molecule has 0 atom stereocenters. The van der Waals surface area contributed by atoms with Crippen molar-refractivity contribution < 1.29 is 4.79 Å². The summed E-state index contributed by atoms with van der Waals surface area (Å²) in [6, 6.07) is 21.4. The molecule has 0 bridgehead atoms. The van der Waals surface area contributed by atoms with Crippen LogP contribution < -0.4 is 0 Å². The Morgan fingerprint density at radius 2 is 1.42 bits per heavy atom. The summed E-state index contributed by atoms with van der Waals surface area (Å²) in [6.07, 6.45) is 3.24. The van der Waals surface area contributed by atoms with Crippen molar-refractivity contribution in [1.29, 1.82) is 5.26 Å². The topological polar surface area (TPSA) is 53.8 Å². The predicted octanol–water partition coefficient (Wildman–Crippen LogP) is 4.67. The van der Waals surface area contributed by atoms with Crippen molar-refractivity contribution in [2.75, 3.05) is 0 Å². The van der Waals surface area contributed by atoms with Gasteiger partial charge in [-0.25, -0.2) is 0 Å². The number of nitriles is 1. The van der Waals surface area contributed by atoms with Gasteiger partial charge in [-0.15, -0.1) is 0 Å². The van der Waals surface area contributed by atoms with E-state index < -0.39 is 0 Å². The fourth-order valence-electron chi connectivity index (χ4n) is 3.91. The summed E-state index contributed by atoms with van der Waals surface area (Å²) >= 11 is 0. The molecule has 0 radical (unpaired) electrons. The third-order valence-corrected chi connectivity index (χ3v) is 4.95. The van der Waals surface area contributed by atoms with Crippen LogP contribution in [0.1, 0.15) is 27.0 Å². The van der Waals surface area contributed by atoms with E-state index in [0.717, 1.165) is 33.5 Å². The second kappa shape index (κ2) is 5.37. The first-order chi connectivity index (χ1) is 12.8. The second-order valence-corrected chi connectivity index (χ2v) is 6.26. The highest BCUT2D eigenvalue weighted by Crippen LogP contribution is 2.49. The Bertz CT molecular complexity index is 1160. The third kappa shape index (κ3) is 1.81. The number of allylic oxidation sites excluding steroid dienone is 3. The lowest BCUT2D eigenvalue weighted by Gasteiger charge is -2.08. The van der Waals surface area contributed by atoms with Gasteiger partial charge in [0.15, 0.2) is 5.78 Å². The minimum atomic E-state index is -0.0383. The molecule has 3 aromatic rings. The highest BCUT2D eigenvalue weighted by Gasteiger charge is 2.36. The Kier molecular flexibility index (Phi) is 3.01. The molecule has 26 heavy (non-hydrogen) atoms. The molecule has 0 saturated heterocycles. The van der Waals surface area contributed by atoms with Crippen molar-refractivity contribution in [3.05, 3.63) is 101 Å². The number of hydrogen-bond donors (Lipinski definition) is 0. The number of hydrogen-bond acceptors (Lipinski definition) is 3. The lowest BCUT2D eigenvalue weighted by Crippen LogP contribution is -1.99. The molecule has 0 N–H and O–H groups in total. The largest absolute Gasteiger partial charge is 0.289 e. The maximum absolute atomic E-state index is 13.3.